The molecule has 1 rings (SSSR count). The number of carbonyl (C=O) groups excluding carboxylic acids is 1. The van der Waals surface area contributed by atoms with Crippen LogP contribution in [0.15, 0.2) is 18.7 Å². The molecule has 0 aromatic carbocycles. The summed E-state index contributed by atoms with van der Waals surface area (Å²) in [6, 6.07) is -0.139. The minimum absolute atomic E-state index is 0.139. The van der Waals surface area contributed by atoms with Gasteiger partial charge in [-0.3, -0.25) is 4.57 Å². The maximum atomic E-state index is 11.3. The molecule has 5 heteroatoms. The van der Waals surface area contributed by atoms with Gasteiger partial charge in [-0.25, -0.2) is 9.78 Å². The lowest BCUT2D eigenvalue weighted by Gasteiger charge is -2.10. The summed E-state index contributed by atoms with van der Waals surface area (Å²) in [5, 5.41) is 2.76. The standard InChI is InChI=1S/C8H14N4O/c1-11(2)5-4-10-8(13)12-6-3-9-7-12/h3,6-7H,4-5H2,1-2H3,(H,10,13). The molecule has 0 atom stereocenters. The van der Waals surface area contributed by atoms with Crippen molar-refractivity contribution in [2.24, 2.45) is 0 Å². The number of nitrogens with one attached hydrogen (secondary N) is 1. The van der Waals surface area contributed by atoms with Crippen LogP contribution in [0.5, 0.6) is 0 Å². The van der Waals surface area contributed by atoms with Crippen LogP contribution in [0.25, 0.3) is 0 Å². The van der Waals surface area contributed by atoms with Crippen LogP contribution >= 0.6 is 0 Å². The van der Waals surface area contributed by atoms with E-state index in [4.69, 9.17) is 0 Å². The van der Waals surface area contributed by atoms with Gasteiger partial charge in [0.15, 0.2) is 0 Å². The lowest BCUT2D eigenvalue weighted by molar-refractivity contribution is 0.241. The van der Waals surface area contributed by atoms with Gasteiger partial charge in [-0.05, 0) is 14.1 Å². The van der Waals surface area contributed by atoms with Crippen molar-refractivity contribution >= 4 is 6.03 Å². The highest BCUT2D eigenvalue weighted by molar-refractivity contribution is 5.76. The molecule has 0 bridgehead atoms. The number of imidazole rings is 1. The first-order chi connectivity index (χ1) is 6.20. The largest absolute Gasteiger partial charge is 0.336 e. The van der Waals surface area contributed by atoms with Crippen LogP contribution in [0.4, 0.5) is 4.79 Å². The Kier molecular flexibility index (Phi) is 3.45. The minimum atomic E-state index is -0.139. The highest BCUT2D eigenvalue weighted by atomic mass is 16.2. The number of aromatic nitrogens is 2. The molecular weight excluding hydrogens is 168 g/mol. The fourth-order valence-corrected chi connectivity index (χ4v) is 0.857. The summed E-state index contributed by atoms with van der Waals surface area (Å²) < 4.78 is 1.41. The molecule has 0 radical (unpaired) electrons. The van der Waals surface area contributed by atoms with Gasteiger partial charge in [0.05, 0.1) is 0 Å². The predicted octanol–water partition coefficient (Wildman–Crippen LogP) is 0.00240. The third kappa shape index (κ3) is 3.25. The number of rotatable bonds is 3. The molecule has 72 valence electrons. The third-order valence-corrected chi connectivity index (χ3v) is 1.57. The number of carbonyl (C=O) groups is 1. The molecule has 5 nitrogen and oxygen atoms in total. The summed E-state index contributed by atoms with van der Waals surface area (Å²) in [4.78, 5) is 17.1. The maximum absolute atomic E-state index is 11.3. The van der Waals surface area contributed by atoms with E-state index in [1.807, 2.05) is 19.0 Å². The predicted molar refractivity (Wildman–Crippen MR) is 49.6 cm³/mol. The van der Waals surface area contributed by atoms with E-state index in [1.165, 1.54) is 10.9 Å². The molecule has 1 N–H and O–H groups in total. The quantitative estimate of drug-likeness (QED) is 0.716. The van der Waals surface area contributed by atoms with Crippen molar-refractivity contribution in [1.29, 1.82) is 0 Å². The number of likely N-dealkylation sites (N-methyl/N-ethyl adjacent to an activating group) is 1. The van der Waals surface area contributed by atoms with E-state index in [0.29, 0.717) is 6.54 Å². The molecular formula is C8H14N4O. The van der Waals surface area contributed by atoms with Crippen molar-refractivity contribution in [3.8, 4) is 0 Å². The second-order valence-corrected chi connectivity index (χ2v) is 3.01. The fraction of sp³-hybridized carbons (Fsp3) is 0.500. The van der Waals surface area contributed by atoms with Crippen LogP contribution in [-0.4, -0.2) is 47.7 Å². The average molecular weight is 182 g/mol. The van der Waals surface area contributed by atoms with Gasteiger partial charge >= 0.3 is 6.03 Å². The Hall–Kier alpha value is -1.36. The van der Waals surface area contributed by atoms with E-state index in [2.05, 4.69) is 10.3 Å². The Bertz CT molecular complexity index is 255. The van der Waals surface area contributed by atoms with E-state index >= 15 is 0 Å². The average Bonchev–Trinajstić information content (AvgIpc) is 2.55. The number of hydrogen-bond donors (Lipinski definition) is 1. The highest BCUT2D eigenvalue weighted by Crippen LogP contribution is 1.84. The van der Waals surface area contributed by atoms with Gasteiger partial charge < -0.3 is 10.2 Å². The molecule has 1 aromatic heterocycles. The smallest absolute Gasteiger partial charge is 0.326 e. The lowest BCUT2D eigenvalue weighted by atomic mass is 10.6. The normalized spacial score (nSPS) is 10.4. The van der Waals surface area contributed by atoms with Crippen LogP contribution in [0, 0.1) is 0 Å². The number of nitrogens with zero attached hydrogens (tertiary/aromatic N) is 3. The molecule has 0 fully saturated rings. The van der Waals surface area contributed by atoms with Crippen molar-refractivity contribution in [1.82, 2.24) is 19.8 Å². The molecule has 1 aromatic rings. The van der Waals surface area contributed by atoms with Gasteiger partial charge in [0.25, 0.3) is 0 Å². The zero-order valence-electron chi connectivity index (χ0n) is 7.90. The Morgan fingerprint density at radius 1 is 1.62 bits per heavy atom. The second kappa shape index (κ2) is 4.61. The Morgan fingerprint density at radius 3 is 2.92 bits per heavy atom. The van der Waals surface area contributed by atoms with Crippen LogP contribution in [0.2, 0.25) is 0 Å². The topological polar surface area (TPSA) is 50.2 Å². The van der Waals surface area contributed by atoms with Crippen LogP contribution in [0.1, 0.15) is 0 Å². The molecule has 1 amide bonds. The SMILES string of the molecule is CN(C)CCNC(=O)n1ccnc1. The van der Waals surface area contributed by atoms with Gasteiger partial charge in [-0.1, -0.05) is 0 Å². The van der Waals surface area contributed by atoms with Gasteiger partial charge in [0.2, 0.25) is 0 Å². The number of hydrogen-bond acceptors (Lipinski definition) is 3. The summed E-state index contributed by atoms with van der Waals surface area (Å²) in [7, 11) is 3.92. The minimum Gasteiger partial charge on any atom is -0.336 e. The van der Waals surface area contributed by atoms with Crippen molar-refractivity contribution < 1.29 is 4.79 Å². The van der Waals surface area contributed by atoms with Crippen molar-refractivity contribution in [3.05, 3.63) is 18.7 Å². The molecule has 0 unspecified atom stereocenters. The zero-order valence-corrected chi connectivity index (χ0v) is 7.90. The Labute approximate surface area is 77.4 Å². The maximum Gasteiger partial charge on any atom is 0.326 e. The zero-order chi connectivity index (χ0) is 9.68. The molecule has 0 spiro atoms. The molecule has 0 aliphatic rings. The first-order valence-electron chi connectivity index (χ1n) is 4.11. The molecule has 13 heavy (non-hydrogen) atoms. The first-order valence-corrected chi connectivity index (χ1v) is 4.11. The van der Waals surface area contributed by atoms with Crippen molar-refractivity contribution in [3.63, 3.8) is 0 Å². The van der Waals surface area contributed by atoms with Crippen molar-refractivity contribution in [2.45, 2.75) is 0 Å². The van der Waals surface area contributed by atoms with Crippen LogP contribution < -0.4 is 5.32 Å². The first kappa shape index (κ1) is 9.73. The lowest BCUT2D eigenvalue weighted by Crippen LogP contribution is -2.33. The number of amides is 1. The van der Waals surface area contributed by atoms with Gasteiger partial charge in [0.1, 0.15) is 6.33 Å². The summed E-state index contributed by atoms with van der Waals surface area (Å²) in [6.45, 7) is 1.48. The molecule has 0 saturated heterocycles. The fourth-order valence-electron chi connectivity index (χ4n) is 0.857. The van der Waals surface area contributed by atoms with E-state index in [9.17, 15) is 4.79 Å². The van der Waals surface area contributed by atoms with E-state index in [-0.39, 0.29) is 6.03 Å². The molecule has 0 aliphatic heterocycles. The van der Waals surface area contributed by atoms with E-state index in [0.717, 1.165) is 6.54 Å². The molecule has 1 heterocycles. The summed E-state index contributed by atoms with van der Waals surface area (Å²) in [6.07, 6.45) is 4.67. The third-order valence-electron chi connectivity index (χ3n) is 1.57. The highest BCUT2D eigenvalue weighted by Gasteiger charge is 2.01. The van der Waals surface area contributed by atoms with Gasteiger partial charge in [0, 0.05) is 25.5 Å². The second-order valence-electron chi connectivity index (χ2n) is 3.01. The van der Waals surface area contributed by atoms with Gasteiger partial charge in [-0.2, -0.15) is 0 Å². The summed E-state index contributed by atoms with van der Waals surface area (Å²) in [5.41, 5.74) is 0. The Morgan fingerprint density at radius 2 is 2.38 bits per heavy atom. The summed E-state index contributed by atoms with van der Waals surface area (Å²) >= 11 is 0. The summed E-state index contributed by atoms with van der Waals surface area (Å²) in [5.74, 6) is 0. The van der Waals surface area contributed by atoms with Crippen molar-refractivity contribution in [2.75, 3.05) is 27.2 Å². The van der Waals surface area contributed by atoms with Crippen LogP contribution in [-0.2, 0) is 0 Å². The van der Waals surface area contributed by atoms with E-state index in [1.54, 1.807) is 12.4 Å². The van der Waals surface area contributed by atoms with Crippen LogP contribution in [0.3, 0.4) is 0 Å². The van der Waals surface area contributed by atoms with Gasteiger partial charge in [-0.15, -0.1) is 0 Å². The molecule has 0 aliphatic carbocycles. The van der Waals surface area contributed by atoms with E-state index < -0.39 is 0 Å². The monoisotopic (exact) mass is 182 g/mol. The Balaban J connectivity index is 2.27. The molecule has 0 saturated carbocycles.